The maximum Gasteiger partial charge on any atom is 0.0220 e. The summed E-state index contributed by atoms with van der Waals surface area (Å²) in [5.41, 5.74) is 0. The molecule has 1 saturated heterocycles. The Morgan fingerprint density at radius 1 is 1.31 bits per heavy atom. The van der Waals surface area contributed by atoms with Gasteiger partial charge in [0.05, 0.1) is 0 Å². The van der Waals surface area contributed by atoms with Crippen LogP contribution in [-0.4, -0.2) is 36.6 Å². The third kappa shape index (κ3) is 4.06. The zero-order valence-electron chi connectivity index (χ0n) is 11.6. The summed E-state index contributed by atoms with van der Waals surface area (Å²) in [5, 5.41) is 3.57. The average molecular weight is 226 g/mol. The van der Waals surface area contributed by atoms with Crippen LogP contribution in [-0.2, 0) is 0 Å². The highest BCUT2D eigenvalue weighted by Gasteiger charge is 2.27. The molecule has 0 aromatic carbocycles. The number of piperidine rings is 1. The number of nitrogens with one attached hydrogen (secondary N) is 1. The van der Waals surface area contributed by atoms with Gasteiger partial charge in [-0.05, 0) is 51.6 Å². The molecule has 0 radical (unpaired) electrons. The lowest BCUT2D eigenvalue weighted by atomic mass is 9.91. The standard InChI is InChI=1S/C14H30N2/c1-5-8-15-11-14(6-2)16-9-7-12(3)10-13(16)4/h12-15H,5-11H2,1-4H3. The molecule has 0 bridgehead atoms. The summed E-state index contributed by atoms with van der Waals surface area (Å²) in [4.78, 5) is 2.72. The van der Waals surface area contributed by atoms with E-state index in [0.717, 1.165) is 24.5 Å². The summed E-state index contributed by atoms with van der Waals surface area (Å²) in [6.07, 6.45) is 5.28. The Hall–Kier alpha value is -0.0800. The maximum atomic E-state index is 3.57. The van der Waals surface area contributed by atoms with E-state index in [-0.39, 0.29) is 0 Å². The van der Waals surface area contributed by atoms with Crippen molar-refractivity contribution in [3.63, 3.8) is 0 Å². The second-order valence-corrected chi connectivity index (χ2v) is 5.48. The minimum Gasteiger partial charge on any atom is -0.315 e. The predicted molar refractivity (Wildman–Crippen MR) is 71.8 cm³/mol. The third-order valence-corrected chi connectivity index (χ3v) is 3.94. The molecule has 0 amide bonds. The lowest BCUT2D eigenvalue weighted by Crippen LogP contribution is -2.50. The van der Waals surface area contributed by atoms with Crippen molar-refractivity contribution in [2.45, 2.75) is 65.5 Å². The summed E-state index contributed by atoms with van der Waals surface area (Å²) in [6.45, 7) is 13.0. The molecule has 1 heterocycles. The summed E-state index contributed by atoms with van der Waals surface area (Å²) in [5.74, 6) is 0.923. The summed E-state index contributed by atoms with van der Waals surface area (Å²) < 4.78 is 0. The highest BCUT2D eigenvalue weighted by Crippen LogP contribution is 2.24. The molecule has 0 aromatic heterocycles. The number of hydrogen-bond donors (Lipinski definition) is 1. The van der Waals surface area contributed by atoms with Gasteiger partial charge in [-0.25, -0.2) is 0 Å². The van der Waals surface area contributed by atoms with E-state index in [9.17, 15) is 0 Å². The summed E-state index contributed by atoms with van der Waals surface area (Å²) >= 11 is 0. The Morgan fingerprint density at radius 3 is 2.62 bits per heavy atom. The Kier molecular flexibility index (Phi) is 6.37. The van der Waals surface area contributed by atoms with E-state index in [4.69, 9.17) is 0 Å². The van der Waals surface area contributed by atoms with Crippen molar-refractivity contribution in [1.82, 2.24) is 10.2 Å². The van der Waals surface area contributed by atoms with E-state index < -0.39 is 0 Å². The second kappa shape index (κ2) is 7.29. The molecule has 1 fully saturated rings. The number of likely N-dealkylation sites (tertiary alicyclic amines) is 1. The van der Waals surface area contributed by atoms with Gasteiger partial charge in [0, 0.05) is 18.6 Å². The molecule has 3 unspecified atom stereocenters. The van der Waals surface area contributed by atoms with E-state index in [1.807, 2.05) is 0 Å². The minimum atomic E-state index is 0.744. The van der Waals surface area contributed by atoms with Crippen molar-refractivity contribution in [2.75, 3.05) is 19.6 Å². The molecule has 96 valence electrons. The molecule has 1 rings (SSSR count). The van der Waals surface area contributed by atoms with Gasteiger partial charge in [0.15, 0.2) is 0 Å². The van der Waals surface area contributed by atoms with Crippen LogP contribution in [0.4, 0.5) is 0 Å². The average Bonchev–Trinajstić information content (AvgIpc) is 2.26. The van der Waals surface area contributed by atoms with Gasteiger partial charge in [0.1, 0.15) is 0 Å². The third-order valence-electron chi connectivity index (χ3n) is 3.94. The first-order chi connectivity index (χ1) is 7.69. The van der Waals surface area contributed by atoms with Crippen LogP contribution < -0.4 is 5.32 Å². The van der Waals surface area contributed by atoms with Crippen LogP contribution in [0, 0.1) is 5.92 Å². The Morgan fingerprint density at radius 2 is 2.06 bits per heavy atom. The summed E-state index contributed by atoms with van der Waals surface area (Å²) in [7, 11) is 0. The molecular formula is C14H30N2. The molecule has 16 heavy (non-hydrogen) atoms. The van der Waals surface area contributed by atoms with Crippen LogP contribution in [0.5, 0.6) is 0 Å². The van der Waals surface area contributed by atoms with E-state index in [1.54, 1.807) is 0 Å². The van der Waals surface area contributed by atoms with Crippen molar-refractivity contribution >= 4 is 0 Å². The lowest BCUT2D eigenvalue weighted by molar-refractivity contribution is 0.0789. The van der Waals surface area contributed by atoms with Crippen LogP contribution in [0.3, 0.4) is 0 Å². The monoisotopic (exact) mass is 226 g/mol. The molecule has 1 aliphatic rings. The van der Waals surface area contributed by atoms with Crippen molar-refractivity contribution in [3.8, 4) is 0 Å². The molecule has 0 aromatic rings. The first-order valence-corrected chi connectivity index (χ1v) is 7.15. The van der Waals surface area contributed by atoms with Crippen LogP contribution in [0.1, 0.15) is 53.4 Å². The zero-order valence-corrected chi connectivity index (χ0v) is 11.6. The first kappa shape index (κ1) is 14.0. The SMILES string of the molecule is CCCNCC(CC)N1CCC(C)CC1C. The predicted octanol–water partition coefficient (Wildman–Crippen LogP) is 2.89. The van der Waals surface area contributed by atoms with Crippen LogP contribution in [0.15, 0.2) is 0 Å². The van der Waals surface area contributed by atoms with Crippen molar-refractivity contribution in [1.29, 1.82) is 0 Å². The van der Waals surface area contributed by atoms with Crippen molar-refractivity contribution in [2.24, 2.45) is 5.92 Å². The van der Waals surface area contributed by atoms with E-state index in [1.165, 1.54) is 38.8 Å². The lowest BCUT2D eigenvalue weighted by Gasteiger charge is -2.41. The zero-order chi connectivity index (χ0) is 12.0. The highest BCUT2D eigenvalue weighted by molar-refractivity contribution is 4.83. The fourth-order valence-corrected chi connectivity index (χ4v) is 2.91. The van der Waals surface area contributed by atoms with Crippen molar-refractivity contribution < 1.29 is 0 Å². The molecule has 0 aliphatic carbocycles. The molecule has 0 spiro atoms. The number of rotatable bonds is 6. The number of hydrogen-bond acceptors (Lipinski definition) is 2. The van der Waals surface area contributed by atoms with Crippen LogP contribution in [0.25, 0.3) is 0 Å². The van der Waals surface area contributed by atoms with Gasteiger partial charge >= 0.3 is 0 Å². The molecule has 1 N–H and O–H groups in total. The smallest absolute Gasteiger partial charge is 0.0220 e. The van der Waals surface area contributed by atoms with Gasteiger partial charge in [-0.15, -0.1) is 0 Å². The maximum absolute atomic E-state index is 3.57. The Labute approximate surface area is 102 Å². The van der Waals surface area contributed by atoms with E-state index >= 15 is 0 Å². The fourth-order valence-electron chi connectivity index (χ4n) is 2.91. The molecule has 2 nitrogen and oxygen atoms in total. The van der Waals surface area contributed by atoms with E-state index in [0.29, 0.717) is 0 Å². The molecule has 2 heteroatoms. The van der Waals surface area contributed by atoms with Crippen molar-refractivity contribution in [3.05, 3.63) is 0 Å². The molecule has 0 saturated carbocycles. The minimum absolute atomic E-state index is 0.744. The first-order valence-electron chi connectivity index (χ1n) is 7.15. The van der Waals surface area contributed by atoms with E-state index in [2.05, 4.69) is 37.9 Å². The van der Waals surface area contributed by atoms with Gasteiger partial charge in [-0.1, -0.05) is 20.8 Å². The Balaban J connectivity index is 2.39. The topological polar surface area (TPSA) is 15.3 Å². The van der Waals surface area contributed by atoms with Gasteiger partial charge in [-0.3, -0.25) is 4.90 Å². The molecule has 3 atom stereocenters. The number of nitrogens with zero attached hydrogens (tertiary/aromatic N) is 1. The molecular weight excluding hydrogens is 196 g/mol. The fraction of sp³-hybridized carbons (Fsp3) is 1.00. The summed E-state index contributed by atoms with van der Waals surface area (Å²) in [6, 6.07) is 1.52. The largest absolute Gasteiger partial charge is 0.315 e. The van der Waals surface area contributed by atoms with Gasteiger partial charge in [0.25, 0.3) is 0 Å². The van der Waals surface area contributed by atoms with Gasteiger partial charge in [-0.2, -0.15) is 0 Å². The van der Waals surface area contributed by atoms with Gasteiger partial charge in [0.2, 0.25) is 0 Å². The Bertz CT molecular complexity index is 182. The quantitative estimate of drug-likeness (QED) is 0.701. The molecule has 1 aliphatic heterocycles. The second-order valence-electron chi connectivity index (χ2n) is 5.48. The van der Waals surface area contributed by atoms with Gasteiger partial charge < -0.3 is 5.32 Å². The normalized spacial score (nSPS) is 29.2. The van der Waals surface area contributed by atoms with Crippen LogP contribution >= 0.6 is 0 Å². The highest BCUT2D eigenvalue weighted by atomic mass is 15.2. The van der Waals surface area contributed by atoms with Crippen LogP contribution in [0.2, 0.25) is 0 Å².